The zero-order valence-corrected chi connectivity index (χ0v) is 22.5. The van der Waals surface area contributed by atoms with Crippen LogP contribution in [0, 0.1) is 0 Å². The Morgan fingerprint density at radius 1 is 0.545 bits per heavy atom. The fourth-order valence-electron chi connectivity index (χ4n) is 4.31. The average molecular weight is 468 g/mol. The maximum Gasteiger partial charge on any atom is 0.221 e. The van der Waals surface area contributed by atoms with Crippen LogP contribution in [0.15, 0.2) is 0 Å². The monoisotopic (exact) mass is 467 g/mol. The van der Waals surface area contributed by atoms with Crippen molar-refractivity contribution in [3.8, 4) is 0 Å². The third kappa shape index (κ3) is 19.0. The van der Waals surface area contributed by atoms with Gasteiger partial charge in [0.25, 0.3) is 0 Å². The lowest BCUT2D eigenvalue weighted by Gasteiger charge is -2.33. The summed E-state index contributed by atoms with van der Waals surface area (Å²) in [6.45, 7) is 6.67. The molecule has 2 amide bonds. The van der Waals surface area contributed by atoms with Gasteiger partial charge in [0.05, 0.1) is 0 Å². The largest absolute Gasteiger partial charge is 0.332 e. The molecule has 0 unspecified atom stereocenters. The van der Waals surface area contributed by atoms with Crippen molar-refractivity contribution < 1.29 is 9.59 Å². The van der Waals surface area contributed by atoms with Crippen molar-refractivity contribution in [2.24, 2.45) is 5.73 Å². The van der Waals surface area contributed by atoms with E-state index in [4.69, 9.17) is 5.73 Å². The van der Waals surface area contributed by atoms with Gasteiger partial charge in [0.2, 0.25) is 11.8 Å². The van der Waals surface area contributed by atoms with Crippen molar-refractivity contribution >= 4 is 11.8 Å². The second kappa shape index (κ2) is 22.7. The molecule has 0 aliphatic heterocycles. The number of amides is 2. The number of carbonyl (C=O) groups excluding carboxylic acids is 2. The second-order valence-electron chi connectivity index (χ2n) is 9.89. The van der Waals surface area contributed by atoms with Crippen LogP contribution in [0.1, 0.15) is 156 Å². The first-order valence-electron chi connectivity index (χ1n) is 14.4. The Kier molecular flexibility index (Phi) is 21.9. The van der Waals surface area contributed by atoms with E-state index in [1.54, 1.807) is 0 Å². The molecule has 196 valence electrons. The fraction of sp³-hybridized carbons (Fsp3) is 0.929. The summed E-state index contributed by atoms with van der Waals surface area (Å²) in [5, 5.41) is 6.05. The number of carbonyl (C=O) groups is 2. The number of nitrogens with two attached hydrogens (primary N) is 1. The van der Waals surface area contributed by atoms with Crippen LogP contribution in [0.25, 0.3) is 0 Å². The van der Waals surface area contributed by atoms with Crippen LogP contribution in [-0.2, 0) is 9.59 Å². The Morgan fingerprint density at radius 2 is 0.848 bits per heavy atom. The molecule has 0 aromatic heterocycles. The van der Waals surface area contributed by atoms with Crippen molar-refractivity contribution in [2.75, 3.05) is 6.54 Å². The van der Waals surface area contributed by atoms with E-state index in [1.807, 2.05) is 6.92 Å². The van der Waals surface area contributed by atoms with E-state index in [1.165, 1.54) is 89.9 Å². The Morgan fingerprint density at radius 3 is 1.12 bits per heavy atom. The van der Waals surface area contributed by atoms with Gasteiger partial charge in [-0.1, -0.05) is 124 Å². The van der Waals surface area contributed by atoms with Crippen LogP contribution in [0.4, 0.5) is 0 Å². The standard InChI is InChI=1S/C28H57N3O2/c1-4-7-9-11-13-15-17-19-21-23-26(32)30-28(6-3,25-29)31-27(33)24-22-20-18-16-14-12-10-8-5-2/h4-25,29H2,1-3H3,(H,30,32)(H,31,33). The maximum absolute atomic E-state index is 12.5. The molecule has 33 heavy (non-hydrogen) atoms. The Hall–Kier alpha value is -1.10. The van der Waals surface area contributed by atoms with Crippen LogP contribution in [-0.4, -0.2) is 24.0 Å². The van der Waals surface area contributed by atoms with Gasteiger partial charge in [-0.2, -0.15) is 0 Å². The van der Waals surface area contributed by atoms with E-state index in [0.29, 0.717) is 19.3 Å². The zero-order chi connectivity index (χ0) is 24.6. The predicted octanol–water partition coefficient (Wildman–Crippen LogP) is 7.13. The van der Waals surface area contributed by atoms with Gasteiger partial charge in [-0.3, -0.25) is 9.59 Å². The molecule has 0 spiro atoms. The first-order valence-corrected chi connectivity index (χ1v) is 14.4. The highest BCUT2D eigenvalue weighted by molar-refractivity contribution is 5.80. The number of rotatable bonds is 24. The summed E-state index contributed by atoms with van der Waals surface area (Å²) >= 11 is 0. The highest BCUT2D eigenvalue weighted by Crippen LogP contribution is 2.13. The van der Waals surface area contributed by atoms with E-state index in [-0.39, 0.29) is 18.4 Å². The summed E-state index contributed by atoms with van der Waals surface area (Å²) in [6.07, 6.45) is 23.8. The number of hydrogen-bond donors (Lipinski definition) is 3. The molecular formula is C28H57N3O2. The van der Waals surface area contributed by atoms with Crippen molar-refractivity contribution in [3.05, 3.63) is 0 Å². The van der Waals surface area contributed by atoms with Crippen LogP contribution < -0.4 is 16.4 Å². The van der Waals surface area contributed by atoms with Crippen LogP contribution in [0.2, 0.25) is 0 Å². The quantitative estimate of drug-likeness (QED) is 0.104. The first-order chi connectivity index (χ1) is 16.0. The molecule has 5 nitrogen and oxygen atoms in total. The summed E-state index contributed by atoms with van der Waals surface area (Å²) in [4.78, 5) is 24.9. The van der Waals surface area contributed by atoms with Gasteiger partial charge in [-0.05, 0) is 19.3 Å². The minimum Gasteiger partial charge on any atom is -0.332 e. The minimum absolute atomic E-state index is 0.00591. The van der Waals surface area contributed by atoms with Gasteiger partial charge in [0, 0.05) is 19.4 Å². The van der Waals surface area contributed by atoms with Gasteiger partial charge < -0.3 is 16.4 Å². The van der Waals surface area contributed by atoms with Crippen molar-refractivity contribution in [1.82, 2.24) is 10.6 Å². The first kappa shape index (κ1) is 31.9. The lowest BCUT2D eigenvalue weighted by molar-refractivity contribution is -0.127. The molecule has 0 aromatic rings. The summed E-state index contributed by atoms with van der Waals surface area (Å²) in [6, 6.07) is 0. The third-order valence-electron chi connectivity index (χ3n) is 6.72. The zero-order valence-electron chi connectivity index (χ0n) is 22.5. The van der Waals surface area contributed by atoms with Crippen molar-refractivity contribution in [3.63, 3.8) is 0 Å². The lowest BCUT2D eigenvalue weighted by atomic mass is 10.0. The topological polar surface area (TPSA) is 84.2 Å². The molecule has 4 N–H and O–H groups in total. The number of nitrogens with one attached hydrogen (secondary N) is 2. The van der Waals surface area contributed by atoms with Crippen LogP contribution >= 0.6 is 0 Å². The minimum atomic E-state index is -0.813. The fourth-order valence-corrected chi connectivity index (χ4v) is 4.31. The highest BCUT2D eigenvalue weighted by Gasteiger charge is 2.29. The molecule has 0 bridgehead atoms. The van der Waals surface area contributed by atoms with E-state index in [2.05, 4.69) is 24.5 Å². The third-order valence-corrected chi connectivity index (χ3v) is 6.72. The van der Waals surface area contributed by atoms with Crippen LogP contribution in [0.5, 0.6) is 0 Å². The lowest BCUT2D eigenvalue weighted by Crippen LogP contribution is -2.64. The molecule has 0 aliphatic carbocycles. The molecule has 0 aliphatic rings. The van der Waals surface area contributed by atoms with E-state index >= 15 is 0 Å². The molecule has 0 radical (unpaired) electrons. The summed E-state index contributed by atoms with van der Waals surface area (Å²) in [5.74, 6) is -0.0118. The molecule has 0 fully saturated rings. The van der Waals surface area contributed by atoms with E-state index in [0.717, 1.165) is 25.7 Å². The molecule has 0 heterocycles. The Balaban J connectivity index is 3.99. The van der Waals surface area contributed by atoms with E-state index in [9.17, 15) is 9.59 Å². The second-order valence-corrected chi connectivity index (χ2v) is 9.89. The van der Waals surface area contributed by atoms with Crippen molar-refractivity contribution in [2.45, 2.75) is 161 Å². The Labute approximate surface area is 205 Å². The van der Waals surface area contributed by atoms with Gasteiger partial charge in [0.15, 0.2) is 0 Å². The SMILES string of the molecule is CCCCCCCCCCCC(=O)NC(CC)(CN)NC(=O)CCCCCCCCCCC. The van der Waals surface area contributed by atoms with Crippen molar-refractivity contribution in [1.29, 1.82) is 0 Å². The molecule has 0 aromatic carbocycles. The van der Waals surface area contributed by atoms with Gasteiger partial charge >= 0.3 is 0 Å². The smallest absolute Gasteiger partial charge is 0.221 e. The van der Waals surface area contributed by atoms with Gasteiger partial charge in [-0.25, -0.2) is 0 Å². The molecule has 5 heteroatoms. The van der Waals surface area contributed by atoms with E-state index < -0.39 is 5.66 Å². The average Bonchev–Trinajstić information content (AvgIpc) is 2.81. The summed E-state index contributed by atoms with van der Waals surface area (Å²) in [5.41, 5.74) is 5.16. The van der Waals surface area contributed by atoms with Gasteiger partial charge in [0.1, 0.15) is 5.66 Å². The molecule has 0 saturated heterocycles. The molecular weight excluding hydrogens is 410 g/mol. The molecule has 0 rings (SSSR count). The summed E-state index contributed by atoms with van der Waals surface area (Å²) < 4.78 is 0. The van der Waals surface area contributed by atoms with Crippen LogP contribution in [0.3, 0.4) is 0 Å². The molecule has 0 atom stereocenters. The predicted molar refractivity (Wildman–Crippen MR) is 142 cm³/mol. The highest BCUT2D eigenvalue weighted by atomic mass is 16.2. The maximum atomic E-state index is 12.5. The Bertz CT molecular complexity index is 426. The van der Waals surface area contributed by atoms with Gasteiger partial charge in [-0.15, -0.1) is 0 Å². The number of unbranched alkanes of at least 4 members (excludes halogenated alkanes) is 16. The number of hydrogen-bond acceptors (Lipinski definition) is 3. The summed E-state index contributed by atoms with van der Waals surface area (Å²) in [7, 11) is 0. The normalized spacial score (nSPS) is 11.5. The molecule has 0 saturated carbocycles.